The molecule has 2 saturated heterocycles. The standard InChI is InChI=1S/C20H26N2O6S/c1-3-21(17-10-12-29(26,27)13-17)19(24)14(2)28-20(25)15-6-8-16(9-7-15)22-11-4-5-18(22)23/h6-9,14,17H,3-5,10-13H2,1-2H3/t14-,17-/m0/s1. The molecular formula is C20H26N2O6S. The number of nitrogens with zero attached hydrogens (tertiary/aromatic N) is 2. The maximum atomic E-state index is 12.7. The van der Waals surface area contributed by atoms with Crippen LogP contribution in [0, 0.1) is 0 Å². The number of anilines is 1. The zero-order chi connectivity index (χ0) is 21.2. The smallest absolute Gasteiger partial charge is 0.338 e. The third-order valence-electron chi connectivity index (χ3n) is 5.39. The Hall–Kier alpha value is -2.42. The fourth-order valence-corrected chi connectivity index (χ4v) is 5.56. The first-order valence-electron chi connectivity index (χ1n) is 9.84. The molecule has 1 aromatic carbocycles. The molecule has 9 heteroatoms. The maximum Gasteiger partial charge on any atom is 0.338 e. The summed E-state index contributed by atoms with van der Waals surface area (Å²) in [7, 11) is -3.12. The van der Waals surface area contributed by atoms with Gasteiger partial charge in [-0.1, -0.05) is 0 Å². The Morgan fingerprint density at radius 3 is 2.48 bits per heavy atom. The fraction of sp³-hybridized carbons (Fsp3) is 0.550. The lowest BCUT2D eigenvalue weighted by atomic mass is 10.2. The molecule has 0 radical (unpaired) electrons. The van der Waals surface area contributed by atoms with Crippen molar-refractivity contribution in [3.63, 3.8) is 0 Å². The molecule has 2 aliphatic rings. The average molecular weight is 423 g/mol. The first-order valence-corrected chi connectivity index (χ1v) is 11.7. The molecule has 0 aliphatic carbocycles. The van der Waals surface area contributed by atoms with Crippen molar-refractivity contribution in [3.05, 3.63) is 29.8 Å². The zero-order valence-corrected chi connectivity index (χ0v) is 17.5. The van der Waals surface area contributed by atoms with Gasteiger partial charge in [0, 0.05) is 31.2 Å². The average Bonchev–Trinajstić information content (AvgIpc) is 3.27. The van der Waals surface area contributed by atoms with E-state index in [1.165, 1.54) is 11.8 Å². The van der Waals surface area contributed by atoms with Crippen molar-refractivity contribution in [2.75, 3.05) is 29.5 Å². The van der Waals surface area contributed by atoms with Crippen molar-refractivity contribution in [2.45, 2.75) is 45.3 Å². The van der Waals surface area contributed by atoms with E-state index in [-0.39, 0.29) is 29.0 Å². The van der Waals surface area contributed by atoms with Crippen molar-refractivity contribution in [2.24, 2.45) is 0 Å². The van der Waals surface area contributed by atoms with Crippen LogP contribution < -0.4 is 4.90 Å². The Morgan fingerprint density at radius 1 is 1.28 bits per heavy atom. The molecule has 2 amide bonds. The van der Waals surface area contributed by atoms with Crippen LogP contribution in [0.3, 0.4) is 0 Å². The van der Waals surface area contributed by atoms with Gasteiger partial charge in [0.05, 0.1) is 17.1 Å². The number of carbonyl (C=O) groups is 3. The van der Waals surface area contributed by atoms with Crippen molar-refractivity contribution in [1.82, 2.24) is 4.90 Å². The highest BCUT2D eigenvalue weighted by Gasteiger charge is 2.36. The molecule has 0 saturated carbocycles. The Morgan fingerprint density at radius 2 is 1.97 bits per heavy atom. The SMILES string of the molecule is CCN(C(=O)[C@H](C)OC(=O)c1ccc(N2CCCC2=O)cc1)[C@H]1CCS(=O)(=O)C1. The van der Waals surface area contributed by atoms with Gasteiger partial charge in [0.1, 0.15) is 0 Å². The first kappa shape index (κ1) is 21.3. The molecule has 1 aromatic rings. The molecule has 158 valence electrons. The summed E-state index contributed by atoms with van der Waals surface area (Å²) in [5.74, 6) is -0.957. The Kier molecular flexibility index (Phi) is 6.26. The van der Waals surface area contributed by atoms with Crippen LogP contribution in [0.1, 0.15) is 43.5 Å². The summed E-state index contributed by atoms with van der Waals surface area (Å²) < 4.78 is 28.7. The van der Waals surface area contributed by atoms with E-state index in [4.69, 9.17) is 4.74 Å². The third-order valence-corrected chi connectivity index (χ3v) is 7.14. The maximum absolute atomic E-state index is 12.7. The molecule has 2 heterocycles. The minimum Gasteiger partial charge on any atom is -0.449 e. The van der Waals surface area contributed by atoms with Gasteiger partial charge in [0.25, 0.3) is 5.91 Å². The second-order valence-corrected chi connectivity index (χ2v) is 9.65. The topological polar surface area (TPSA) is 101 Å². The number of hydrogen-bond acceptors (Lipinski definition) is 6. The molecule has 2 aliphatic heterocycles. The molecule has 0 N–H and O–H groups in total. The van der Waals surface area contributed by atoms with Gasteiger partial charge in [-0.25, -0.2) is 13.2 Å². The molecule has 0 aromatic heterocycles. The lowest BCUT2D eigenvalue weighted by Gasteiger charge is -2.29. The summed E-state index contributed by atoms with van der Waals surface area (Å²) in [5, 5.41) is 0. The minimum atomic E-state index is -3.12. The van der Waals surface area contributed by atoms with E-state index >= 15 is 0 Å². The third kappa shape index (κ3) is 4.77. The largest absolute Gasteiger partial charge is 0.449 e. The number of amides is 2. The first-order chi connectivity index (χ1) is 13.7. The normalized spacial score (nSPS) is 21.8. The van der Waals surface area contributed by atoms with Crippen LogP contribution >= 0.6 is 0 Å². The van der Waals surface area contributed by atoms with Gasteiger partial charge >= 0.3 is 5.97 Å². The highest BCUT2D eigenvalue weighted by atomic mass is 32.2. The van der Waals surface area contributed by atoms with Crippen LogP contribution in [0.4, 0.5) is 5.69 Å². The number of sulfone groups is 1. The van der Waals surface area contributed by atoms with Crippen LogP contribution in [-0.4, -0.2) is 67.8 Å². The van der Waals surface area contributed by atoms with Gasteiger partial charge in [-0.2, -0.15) is 0 Å². The van der Waals surface area contributed by atoms with E-state index in [1.54, 1.807) is 36.1 Å². The number of likely N-dealkylation sites (N-methyl/N-ethyl adjacent to an activating group) is 1. The number of ether oxygens (including phenoxy) is 1. The number of hydrogen-bond donors (Lipinski definition) is 0. The predicted molar refractivity (Wildman–Crippen MR) is 107 cm³/mol. The van der Waals surface area contributed by atoms with Crippen molar-refractivity contribution in [3.8, 4) is 0 Å². The second-order valence-electron chi connectivity index (χ2n) is 7.42. The van der Waals surface area contributed by atoms with Gasteiger partial charge < -0.3 is 14.5 Å². The van der Waals surface area contributed by atoms with Crippen molar-refractivity contribution >= 4 is 33.3 Å². The Bertz CT molecular complexity index is 896. The Labute approximate surface area is 170 Å². The summed E-state index contributed by atoms with van der Waals surface area (Å²) in [5.41, 5.74) is 1.01. The van der Waals surface area contributed by atoms with Gasteiger partial charge in [-0.05, 0) is 51.0 Å². The lowest BCUT2D eigenvalue weighted by Crippen LogP contribution is -2.46. The minimum absolute atomic E-state index is 0.0517. The zero-order valence-electron chi connectivity index (χ0n) is 16.7. The fourth-order valence-electron chi connectivity index (χ4n) is 3.83. The number of esters is 1. The molecule has 2 atom stereocenters. The van der Waals surface area contributed by atoms with Gasteiger partial charge in [0.15, 0.2) is 15.9 Å². The number of carbonyl (C=O) groups excluding carboxylic acids is 3. The van der Waals surface area contributed by atoms with E-state index in [0.717, 1.165) is 12.1 Å². The molecule has 0 bridgehead atoms. The quantitative estimate of drug-likeness (QED) is 0.642. The molecule has 0 unspecified atom stereocenters. The number of benzene rings is 1. The molecule has 0 spiro atoms. The summed E-state index contributed by atoms with van der Waals surface area (Å²) in [6, 6.07) is 6.14. The summed E-state index contributed by atoms with van der Waals surface area (Å²) >= 11 is 0. The van der Waals surface area contributed by atoms with Crippen LogP contribution in [-0.2, 0) is 24.2 Å². The van der Waals surface area contributed by atoms with E-state index in [1.807, 2.05) is 0 Å². The van der Waals surface area contributed by atoms with E-state index in [2.05, 4.69) is 0 Å². The molecule has 3 rings (SSSR count). The highest BCUT2D eigenvalue weighted by molar-refractivity contribution is 7.91. The molecule has 2 fully saturated rings. The van der Waals surface area contributed by atoms with Gasteiger partial charge in [0.2, 0.25) is 5.91 Å². The van der Waals surface area contributed by atoms with Gasteiger partial charge in [-0.3, -0.25) is 9.59 Å². The summed E-state index contributed by atoms with van der Waals surface area (Å²) in [6.07, 6.45) is 0.725. The Balaban J connectivity index is 1.62. The summed E-state index contributed by atoms with van der Waals surface area (Å²) in [6.45, 7) is 4.27. The van der Waals surface area contributed by atoms with Crippen LogP contribution in [0.5, 0.6) is 0 Å². The molecule has 8 nitrogen and oxygen atoms in total. The highest BCUT2D eigenvalue weighted by Crippen LogP contribution is 2.22. The second kappa shape index (κ2) is 8.52. The summed E-state index contributed by atoms with van der Waals surface area (Å²) in [4.78, 5) is 40.1. The molecule has 29 heavy (non-hydrogen) atoms. The van der Waals surface area contributed by atoms with E-state index < -0.39 is 27.8 Å². The van der Waals surface area contributed by atoms with E-state index in [0.29, 0.717) is 25.9 Å². The van der Waals surface area contributed by atoms with Crippen LogP contribution in [0.2, 0.25) is 0 Å². The number of rotatable bonds is 6. The van der Waals surface area contributed by atoms with Crippen LogP contribution in [0.15, 0.2) is 24.3 Å². The van der Waals surface area contributed by atoms with Gasteiger partial charge in [-0.15, -0.1) is 0 Å². The van der Waals surface area contributed by atoms with Crippen molar-refractivity contribution < 1.29 is 27.5 Å². The van der Waals surface area contributed by atoms with Crippen LogP contribution in [0.25, 0.3) is 0 Å². The monoisotopic (exact) mass is 422 g/mol. The van der Waals surface area contributed by atoms with Crippen molar-refractivity contribution in [1.29, 1.82) is 0 Å². The molecular weight excluding hydrogens is 396 g/mol. The lowest BCUT2D eigenvalue weighted by molar-refractivity contribution is -0.141. The predicted octanol–water partition coefficient (Wildman–Crippen LogP) is 1.39. The van der Waals surface area contributed by atoms with E-state index in [9.17, 15) is 22.8 Å².